The standard InChI is InChI=1S/C22H31NO2/c1-15-4-6-19(7-5-15)21-9-17-8-18(10-21)12-22(11-17,14-21)20(24)23-16(2)13-25-3/h4-7,16-18H,8-14H2,1-3H3,(H,23,24)/t16-,17-,18+,21?,22?/m0/s1. The Morgan fingerprint density at radius 2 is 1.84 bits per heavy atom. The van der Waals surface area contributed by atoms with Gasteiger partial charge in [0.15, 0.2) is 0 Å². The van der Waals surface area contributed by atoms with Gasteiger partial charge in [0.25, 0.3) is 0 Å². The number of benzene rings is 1. The van der Waals surface area contributed by atoms with Gasteiger partial charge >= 0.3 is 0 Å². The molecule has 1 aromatic carbocycles. The summed E-state index contributed by atoms with van der Waals surface area (Å²) in [4.78, 5) is 13.2. The number of hydrogen-bond donors (Lipinski definition) is 1. The van der Waals surface area contributed by atoms with E-state index in [1.165, 1.54) is 30.4 Å². The highest BCUT2D eigenvalue weighted by molar-refractivity contribution is 5.83. The summed E-state index contributed by atoms with van der Waals surface area (Å²) < 4.78 is 5.21. The Hall–Kier alpha value is -1.35. The third kappa shape index (κ3) is 2.91. The fourth-order valence-electron chi connectivity index (χ4n) is 6.44. The van der Waals surface area contributed by atoms with Gasteiger partial charge in [-0.3, -0.25) is 4.79 Å². The number of methoxy groups -OCH3 is 1. The summed E-state index contributed by atoms with van der Waals surface area (Å²) in [7, 11) is 1.69. The van der Waals surface area contributed by atoms with Gasteiger partial charge in [-0.1, -0.05) is 29.8 Å². The van der Waals surface area contributed by atoms with Crippen LogP contribution in [0, 0.1) is 24.2 Å². The van der Waals surface area contributed by atoms with E-state index in [1.54, 1.807) is 7.11 Å². The molecule has 25 heavy (non-hydrogen) atoms. The van der Waals surface area contributed by atoms with Crippen molar-refractivity contribution in [3.63, 3.8) is 0 Å². The van der Waals surface area contributed by atoms with E-state index in [1.807, 2.05) is 6.92 Å². The molecule has 0 aromatic heterocycles. The smallest absolute Gasteiger partial charge is 0.226 e. The van der Waals surface area contributed by atoms with Crippen molar-refractivity contribution in [2.45, 2.75) is 63.8 Å². The molecule has 0 heterocycles. The lowest BCUT2D eigenvalue weighted by molar-refractivity contribution is -0.150. The van der Waals surface area contributed by atoms with Crippen molar-refractivity contribution < 1.29 is 9.53 Å². The second kappa shape index (κ2) is 6.12. The maximum absolute atomic E-state index is 13.2. The minimum Gasteiger partial charge on any atom is -0.383 e. The van der Waals surface area contributed by atoms with Crippen LogP contribution in [0.1, 0.15) is 56.6 Å². The summed E-state index contributed by atoms with van der Waals surface area (Å²) in [5, 5.41) is 3.25. The molecule has 1 N–H and O–H groups in total. The molecule has 2 unspecified atom stereocenters. The van der Waals surface area contributed by atoms with Gasteiger partial charge in [0.2, 0.25) is 5.91 Å². The molecule has 5 atom stereocenters. The van der Waals surface area contributed by atoms with Crippen molar-refractivity contribution >= 4 is 5.91 Å². The zero-order valence-corrected chi connectivity index (χ0v) is 15.8. The number of nitrogens with one attached hydrogen (secondary N) is 1. The van der Waals surface area contributed by atoms with Gasteiger partial charge in [0.1, 0.15) is 0 Å². The Bertz CT molecular complexity index is 636. The second-order valence-electron chi connectivity index (χ2n) is 9.22. The highest BCUT2D eigenvalue weighted by Gasteiger charge is 2.60. The van der Waals surface area contributed by atoms with E-state index in [2.05, 4.69) is 36.5 Å². The SMILES string of the molecule is COC[C@H](C)NC(=O)C12C[C@H]3C[C@@H](C1)CC(c1ccc(C)cc1)(C3)C2. The Morgan fingerprint density at radius 1 is 1.20 bits per heavy atom. The van der Waals surface area contributed by atoms with Crippen LogP contribution in [-0.2, 0) is 14.9 Å². The summed E-state index contributed by atoms with van der Waals surface area (Å²) >= 11 is 0. The van der Waals surface area contributed by atoms with Crippen molar-refractivity contribution in [3.05, 3.63) is 35.4 Å². The largest absolute Gasteiger partial charge is 0.383 e. The molecule has 1 amide bonds. The fourth-order valence-corrected chi connectivity index (χ4v) is 6.44. The molecule has 4 aliphatic carbocycles. The molecule has 3 heteroatoms. The van der Waals surface area contributed by atoms with Crippen molar-refractivity contribution in [3.8, 4) is 0 Å². The lowest BCUT2D eigenvalue weighted by Gasteiger charge is -2.61. The van der Waals surface area contributed by atoms with E-state index in [-0.39, 0.29) is 22.8 Å². The zero-order valence-electron chi connectivity index (χ0n) is 15.8. The molecule has 1 aromatic rings. The Labute approximate surface area is 151 Å². The van der Waals surface area contributed by atoms with Crippen molar-refractivity contribution in [2.75, 3.05) is 13.7 Å². The maximum Gasteiger partial charge on any atom is 0.226 e. The first-order chi connectivity index (χ1) is 11.9. The molecule has 0 saturated heterocycles. The van der Waals surface area contributed by atoms with Crippen molar-refractivity contribution in [1.29, 1.82) is 0 Å². The van der Waals surface area contributed by atoms with E-state index in [0.717, 1.165) is 19.3 Å². The molecule has 4 fully saturated rings. The van der Waals surface area contributed by atoms with E-state index in [4.69, 9.17) is 4.74 Å². The first kappa shape index (κ1) is 17.1. The van der Waals surface area contributed by atoms with Gasteiger partial charge < -0.3 is 10.1 Å². The van der Waals surface area contributed by atoms with Crippen LogP contribution in [0.3, 0.4) is 0 Å². The van der Waals surface area contributed by atoms with E-state index >= 15 is 0 Å². The predicted octanol–water partition coefficient (Wildman–Crippen LogP) is 3.98. The highest BCUT2D eigenvalue weighted by atomic mass is 16.5. The van der Waals surface area contributed by atoms with Crippen LogP contribution < -0.4 is 5.32 Å². The van der Waals surface area contributed by atoms with Crippen LogP contribution in [-0.4, -0.2) is 25.7 Å². The molecular formula is C22H31NO2. The fraction of sp³-hybridized carbons (Fsp3) is 0.682. The predicted molar refractivity (Wildman–Crippen MR) is 99.5 cm³/mol. The van der Waals surface area contributed by atoms with E-state index < -0.39 is 0 Å². The average Bonchev–Trinajstić information content (AvgIpc) is 2.54. The highest BCUT2D eigenvalue weighted by Crippen LogP contribution is 2.65. The van der Waals surface area contributed by atoms with Gasteiger partial charge in [-0.15, -0.1) is 0 Å². The van der Waals surface area contributed by atoms with Gasteiger partial charge in [0, 0.05) is 13.2 Å². The van der Waals surface area contributed by atoms with Crippen molar-refractivity contribution in [1.82, 2.24) is 5.32 Å². The van der Waals surface area contributed by atoms with Gasteiger partial charge in [-0.25, -0.2) is 0 Å². The van der Waals surface area contributed by atoms with Crippen LogP contribution in [0.15, 0.2) is 24.3 Å². The molecule has 4 bridgehead atoms. The van der Waals surface area contributed by atoms with Crippen molar-refractivity contribution in [2.24, 2.45) is 17.3 Å². The number of carbonyl (C=O) groups is 1. The molecule has 4 aliphatic rings. The van der Waals surface area contributed by atoms with Gasteiger partial charge in [-0.05, 0) is 75.2 Å². The van der Waals surface area contributed by atoms with Crippen LogP contribution in [0.5, 0.6) is 0 Å². The number of hydrogen-bond acceptors (Lipinski definition) is 2. The first-order valence-corrected chi connectivity index (χ1v) is 9.82. The maximum atomic E-state index is 13.2. The quantitative estimate of drug-likeness (QED) is 0.879. The molecule has 136 valence electrons. The molecule has 0 aliphatic heterocycles. The Balaban J connectivity index is 1.62. The Kier molecular flexibility index (Phi) is 4.18. The lowest BCUT2D eigenvalue weighted by atomic mass is 9.42. The molecule has 0 spiro atoms. The number of rotatable bonds is 5. The van der Waals surface area contributed by atoms with E-state index in [0.29, 0.717) is 18.4 Å². The second-order valence-corrected chi connectivity index (χ2v) is 9.22. The Morgan fingerprint density at radius 3 is 2.44 bits per heavy atom. The number of amides is 1. The lowest BCUT2D eigenvalue weighted by Crippen LogP contribution is -2.60. The first-order valence-electron chi connectivity index (χ1n) is 9.82. The summed E-state index contributed by atoms with van der Waals surface area (Å²) in [6.07, 6.45) is 7.08. The molecule has 0 radical (unpaired) electrons. The summed E-state index contributed by atoms with van der Waals surface area (Å²) in [5.41, 5.74) is 2.85. The van der Waals surface area contributed by atoms with E-state index in [9.17, 15) is 4.79 Å². The van der Waals surface area contributed by atoms with Crippen LogP contribution in [0.4, 0.5) is 0 Å². The van der Waals surface area contributed by atoms with Gasteiger partial charge in [-0.2, -0.15) is 0 Å². The summed E-state index contributed by atoms with van der Waals surface area (Å²) in [6.45, 7) is 4.77. The number of carbonyl (C=O) groups excluding carboxylic acids is 1. The summed E-state index contributed by atoms with van der Waals surface area (Å²) in [6, 6.07) is 9.20. The topological polar surface area (TPSA) is 38.3 Å². The third-order valence-corrected chi connectivity index (χ3v) is 7.00. The minimum absolute atomic E-state index is 0.0841. The molecule has 5 rings (SSSR count). The normalized spacial score (nSPS) is 37.1. The molecule has 4 saturated carbocycles. The van der Waals surface area contributed by atoms with Gasteiger partial charge in [0.05, 0.1) is 12.0 Å². The zero-order chi connectivity index (χ0) is 17.7. The molecular weight excluding hydrogens is 310 g/mol. The average molecular weight is 341 g/mol. The number of aryl methyl sites for hydroxylation is 1. The minimum atomic E-state index is -0.156. The monoisotopic (exact) mass is 341 g/mol. The third-order valence-electron chi connectivity index (χ3n) is 7.00. The van der Waals surface area contributed by atoms with Crippen LogP contribution in [0.2, 0.25) is 0 Å². The van der Waals surface area contributed by atoms with Crippen LogP contribution in [0.25, 0.3) is 0 Å². The van der Waals surface area contributed by atoms with Crippen LogP contribution >= 0.6 is 0 Å². The number of ether oxygens (including phenoxy) is 1. The summed E-state index contributed by atoms with van der Waals surface area (Å²) in [5.74, 6) is 1.71. The molecule has 3 nitrogen and oxygen atoms in total.